The van der Waals surface area contributed by atoms with Crippen molar-refractivity contribution in [3.63, 3.8) is 0 Å². The minimum absolute atomic E-state index is 0.369. The summed E-state index contributed by atoms with van der Waals surface area (Å²) in [5.74, 6) is 0. The molecule has 0 unspecified atom stereocenters. The van der Waals surface area contributed by atoms with Gasteiger partial charge in [-0.25, -0.2) is 0 Å². The van der Waals surface area contributed by atoms with Crippen molar-refractivity contribution in [3.05, 3.63) is 65.7 Å². The second-order valence-corrected chi connectivity index (χ2v) is 4.59. The van der Waals surface area contributed by atoms with E-state index in [1.54, 1.807) is 0 Å². The molecule has 0 saturated carbocycles. The van der Waals surface area contributed by atoms with E-state index in [9.17, 15) is 5.11 Å². The third kappa shape index (κ3) is 3.90. The van der Waals surface area contributed by atoms with E-state index < -0.39 is 0 Å². The summed E-state index contributed by atoms with van der Waals surface area (Å²) in [6.45, 7) is 2.63. The Bertz CT molecular complexity index is 481. The summed E-state index contributed by atoms with van der Waals surface area (Å²) >= 11 is 0. The quantitative estimate of drug-likeness (QED) is 0.843. The number of benzene rings is 2. The predicted molar refractivity (Wildman–Crippen MR) is 75.8 cm³/mol. The number of aryl methyl sites for hydroxylation is 1. The molecule has 18 heavy (non-hydrogen) atoms. The zero-order valence-corrected chi connectivity index (χ0v) is 10.6. The molecular formula is C16H19NO. The van der Waals surface area contributed by atoms with E-state index in [1.165, 1.54) is 11.1 Å². The fourth-order valence-electron chi connectivity index (χ4n) is 1.98. The molecule has 0 aliphatic heterocycles. The molecule has 0 aliphatic carbocycles. The molecule has 0 saturated heterocycles. The van der Waals surface area contributed by atoms with Crippen molar-refractivity contribution >= 4 is 5.69 Å². The van der Waals surface area contributed by atoms with Gasteiger partial charge in [-0.3, -0.25) is 0 Å². The lowest BCUT2D eigenvalue weighted by molar-refractivity contribution is 0.188. The molecule has 94 valence electrons. The predicted octanol–water partition coefficient (Wildman–Crippen LogP) is 3.01. The van der Waals surface area contributed by atoms with Gasteiger partial charge in [0, 0.05) is 18.7 Å². The highest BCUT2D eigenvalue weighted by Gasteiger charge is 2.05. The molecule has 0 amide bonds. The molecule has 2 heteroatoms. The molecule has 0 fully saturated rings. The van der Waals surface area contributed by atoms with Gasteiger partial charge in [-0.1, -0.05) is 48.0 Å². The molecule has 2 nitrogen and oxygen atoms in total. The molecule has 0 bridgehead atoms. The Morgan fingerprint density at radius 1 is 1.06 bits per heavy atom. The summed E-state index contributed by atoms with van der Waals surface area (Å²) in [5.41, 5.74) is 3.45. The van der Waals surface area contributed by atoms with Gasteiger partial charge in [-0.05, 0) is 24.6 Å². The third-order valence-corrected chi connectivity index (χ3v) is 2.87. The van der Waals surface area contributed by atoms with Crippen molar-refractivity contribution in [1.82, 2.24) is 0 Å². The van der Waals surface area contributed by atoms with Crippen molar-refractivity contribution in [2.45, 2.75) is 19.4 Å². The van der Waals surface area contributed by atoms with Crippen molar-refractivity contribution < 1.29 is 5.11 Å². The van der Waals surface area contributed by atoms with Crippen molar-refractivity contribution in [3.8, 4) is 0 Å². The van der Waals surface area contributed by atoms with E-state index in [-0.39, 0.29) is 6.10 Å². The fraction of sp³-hybridized carbons (Fsp3) is 0.250. The van der Waals surface area contributed by atoms with Crippen LogP contribution in [-0.4, -0.2) is 17.8 Å². The van der Waals surface area contributed by atoms with Crippen LogP contribution in [-0.2, 0) is 6.42 Å². The van der Waals surface area contributed by atoms with Crippen LogP contribution in [0.1, 0.15) is 11.1 Å². The standard InChI is InChI=1S/C16H19NO/c1-13-6-5-7-14(10-13)11-16(18)12-17-15-8-3-2-4-9-15/h2-10,16-18H,11-12H2,1H3/t16-/m0/s1. The van der Waals surface area contributed by atoms with Crippen LogP contribution >= 0.6 is 0 Å². The minimum atomic E-state index is -0.369. The van der Waals surface area contributed by atoms with Gasteiger partial charge < -0.3 is 10.4 Å². The number of para-hydroxylation sites is 1. The SMILES string of the molecule is Cc1cccc(C[C@H](O)CNc2ccccc2)c1. The Balaban J connectivity index is 1.84. The molecule has 0 spiro atoms. The Kier molecular flexibility index (Phi) is 4.37. The van der Waals surface area contributed by atoms with E-state index in [0.29, 0.717) is 13.0 Å². The first kappa shape index (κ1) is 12.7. The summed E-state index contributed by atoms with van der Waals surface area (Å²) in [7, 11) is 0. The van der Waals surface area contributed by atoms with Crippen molar-refractivity contribution in [2.75, 3.05) is 11.9 Å². The first-order valence-corrected chi connectivity index (χ1v) is 6.26. The third-order valence-electron chi connectivity index (χ3n) is 2.87. The van der Waals surface area contributed by atoms with Gasteiger partial charge in [0.2, 0.25) is 0 Å². The minimum Gasteiger partial charge on any atom is -0.391 e. The number of aliphatic hydroxyl groups excluding tert-OH is 1. The van der Waals surface area contributed by atoms with E-state index >= 15 is 0 Å². The molecule has 2 N–H and O–H groups in total. The summed E-state index contributed by atoms with van der Waals surface area (Å²) in [5, 5.41) is 13.2. The largest absolute Gasteiger partial charge is 0.391 e. The maximum absolute atomic E-state index is 9.99. The van der Waals surface area contributed by atoms with Crippen LogP contribution in [0.3, 0.4) is 0 Å². The summed E-state index contributed by atoms with van der Waals surface area (Å²) in [6, 6.07) is 18.2. The van der Waals surface area contributed by atoms with Gasteiger partial charge in [-0.15, -0.1) is 0 Å². The normalized spacial score (nSPS) is 12.1. The van der Waals surface area contributed by atoms with Crippen molar-refractivity contribution in [1.29, 1.82) is 0 Å². The molecule has 1 atom stereocenters. The van der Waals surface area contributed by atoms with Gasteiger partial charge in [0.25, 0.3) is 0 Å². The smallest absolute Gasteiger partial charge is 0.0752 e. The van der Waals surface area contributed by atoms with Crippen LogP contribution in [0.2, 0.25) is 0 Å². The molecule has 0 aliphatic rings. The van der Waals surface area contributed by atoms with Gasteiger partial charge in [0.1, 0.15) is 0 Å². The Hall–Kier alpha value is -1.80. The summed E-state index contributed by atoms with van der Waals surface area (Å²) in [6.07, 6.45) is 0.314. The number of hydrogen-bond donors (Lipinski definition) is 2. The number of rotatable bonds is 5. The Labute approximate surface area is 108 Å². The van der Waals surface area contributed by atoms with Gasteiger partial charge in [-0.2, -0.15) is 0 Å². The zero-order chi connectivity index (χ0) is 12.8. The molecule has 0 heterocycles. The van der Waals surface area contributed by atoms with Crippen LogP contribution in [0.4, 0.5) is 5.69 Å². The molecule has 0 aromatic heterocycles. The first-order valence-electron chi connectivity index (χ1n) is 6.26. The zero-order valence-electron chi connectivity index (χ0n) is 10.6. The first-order chi connectivity index (χ1) is 8.74. The lowest BCUT2D eigenvalue weighted by Crippen LogP contribution is -2.21. The highest BCUT2D eigenvalue weighted by molar-refractivity contribution is 5.42. The molecule has 2 rings (SSSR count). The second kappa shape index (κ2) is 6.22. The van der Waals surface area contributed by atoms with E-state index in [0.717, 1.165) is 5.69 Å². The monoisotopic (exact) mass is 241 g/mol. The second-order valence-electron chi connectivity index (χ2n) is 4.59. The molecule has 2 aromatic carbocycles. The van der Waals surface area contributed by atoms with E-state index in [2.05, 4.69) is 30.4 Å². The molecule has 0 radical (unpaired) electrons. The lowest BCUT2D eigenvalue weighted by Gasteiger charge is -2.13. The Morgan fingerprint density at radius 2 is 1.83 bits per heavy atom. The maximum Gasteiger partial charge on any atom is 0.0752 e. The van der Waals surface area contributed by atoms with Crippen LogP contribution < -0.4 is 5.32 Å². The van der Waals surface area contributed by atoms with Crippen LogP contribution in [0, 0.1) is 6.92 Å². The average Bonchev–Trinajstić information content (AvgIpc) is 2.38. The number of nitrogens with one attached hydrogen (secondary N) is 1. The summed E-state index contributed by atoms with van der Waals surface area (Å²) in [4.78, 5) is 0. The number of aliphatic hydroxyl groups is 1. The van der Waals surface area contributed by atoms with Gasteiger partial charge >= 0.3 is 0 Å². The van der Waals surface area contributed by atoms with E-state index in [1.807, 2.05) is 36.4 Å². The van der Waals surface area contributed by atoms with Gasteiger partial charge in [0.05, 0.1) is 6.10 Å². The Morgan fingerprint density at radius 3 is 2.56 bits per heavy atom. The van der Waals surface area contributed by atoms with E-state index in [4.69, 9.17) is 0 Å². The van der Waals surface area contributed by atoms with Gasteiger partial charge in [0.15, 0.2) is 0 Å². The lowest BCUT2D eigenvalue weighted by atomic mass is 10.1. The van der Waals surface area contributed by atoms with Crippen molar-refractivity contribution in [2.24, 2.45) is 0 Å². The molecular weight excluding hydrogens is 222 g/mol. The highest BCUT2D eigenvalue weighted by atomic mass is 16.3. The van der Waals surface area contributed by atoms with Crippen LogP contribution in [0.5, 0.6) is 0 Å². The topological polar surface area (TPSA) is 32.3 Å². The fourth-order valence-corrected chi connectivity index (χ4v) is 1.98. The van der Waals surface area contributed by atoms with Crippen LogP contribution in [0.25, 0.3) is 0 Å². The highest BCUT2D eigenvalue weighted by Crippen LogP contribution is 2.09. The molecule has 2 aromatic rings. The number of hydrogen-bond acceptors (Lipinski definition) is 2. The van der Waals surface area contributed by atoms with Crippen LogP contribution in [0.15, 0.2) is 54.6 Å². The summed E-state index contributed by atoms with van der Waals surface area (Å²) < 4.78 is 0. The maximum atomic E-state index is 9.99. The number of anilines is 1. The average molecular weight is 241 g/mol.